The van der Waals surface area contributed by atoms with E-state index < -0.39 is 48.5 Å². The van der Waals surface area contributed by atoms with E-state index in [9.17, 15) is 22.8 Å². The Balaban J connectivity index is 2.01. The highest BCUT2D eigenvalue weighted by Crippen LogP contribution is 2.37. The number of carbonyl (C=O) groups excluding carboxylic acids is 1. The molecule has 0 aliphatic carbocycles. The number of alkyl halides is 3. The van der Waals surface area contributed by atoms with Gasteiger partial charge in [0.1, 0.15) is 0 Å². The molecule has 2 rings (SSSR count). The molecule has 0 aromatic carbocycles. The summed E-state index contributed by atoms with van der Waals surface area (Å²) in [6.45, 7) is 2.73. The lowest BCUT2D eigenvalue weighted by atomic mass is 9.89. The number of carboxylic acids is 1. The Kier molecular flexibility index (Phi) is 5.24. The summed E-state index contributed by atoms with van der Waals surface area (Å²) in [5, 5.41) is 11.6. The average molecular weight is 359 g/mol. The molecule has 6 nitrogen and oxygen atoms in total. The first-order valence-electron chi connectivity index (χ1n) is 7.76. The maximum Gasteiger partial charge on any atom is 0.394 e. The third-order valence-electron chi connectivity index (χ3n) is 4.38. The lowest BCUT2D eigenvalue weighted by Crippen LogP contribution is -2.44. The van der Waals surface area contributed by atoms with Gasteiger partial charge in [-0.3, -0.25) is 9.78 Å². The van der Waals surface area contributed by atoms with Crippen LogP contribution in [0.4, 0.5) is 18.0 Å². The second-order valence-electron chi connectivity index (χ2n) is 6.76. The van der Waals surface area contributed by atoms with Gasteiger partial charge in [0.25, 0.3) is 0 Å². The molecule has 1 aliphatic heterocycles. The van der Waals surface area contributed by atoms with E-state index in [1.54, 1.807) is 24.4 Å². The summed E-state index contributed by atoms with van der Waals surface area (Å²) in [7, 11) is 0. The van der Waals surface area contributed by atoms with Gasteiger partial charge in [0.15, 0.2) is 0 Å². The maximum absolute atomic E-state index is 13.0. The first-order chi connectivity index (χ1) is 11.5. The minimum atomic E-state index is -4.66. The van der Waals surface area contributed by atoms with E-state index >= 15 is 0 Å². The second kappa shape index (κ2) is 6.89. The molecule has 0 spiro atoms. The summed E-state index contributed by atoms with van der Waals surface area (Å²) in [4.78, 5) is 28.4. The van der Waals surface area contributed by atoms with Crippen LogP contribution in [0.15, 0.2) is 24.4 Å². The molecule has 9 heteroatoms. The number of aromatic nitrogens is 1. The van der Waals surface area contributed by atoms with Gasteiger partial charge >= 0.3 is 18.2 Å². The topological polar surface area (TPSA) is 82.5 Å². The number of likely N-dealkylation sites (tertiary alicyclic amines) is 1. The van der Waals surface area contributed by atoms with E-state index in [-0.39, 0.29) is 6.54 Å². The third kappa shape index (κ3) is 4.40. The van der Waals surface area contributed by atoms with Crippen molar-refractivity contribution in [3.8, 4) is 0 Å². The molecule has 1 saturated heterocycles. The maximum atomic E-state index is 13.0. The van der Waals surface area contributed by atoms with Crippen LogP contribution in [0.2, 0.25) is 0 Å². The van der Waals surface area contributed by atoms with Gasteiger partial charge < -0.3 is 15.3 Å². The highest BCUT2D eigenvalue weighted by Gasteiger charge is 2.53. The molecule has 2 atom stereocenters. The van der Waals surface area contributed by atoms with Gasteiger partial charge in [-0.25, -0.2) is 4.79 Å². The van der Waals surface area contributed by atoms with Crippen molar-refractivity contribution in [1.29, 1.82) is 0 Å². The molecule has 1 aromatic heterocycles. The standard InChI is InChI=1S/C16H20F3N3O3/c1-15(2,12-5-3-4-6-20-12)9-21-14(25)22-7-10(13(23)24)11(8-22)16(17,18)19/h3-6,10-11H,7-9H2,1-2H3,(H,21,25)(H,23,24)/t10-,11-/m1/s1. The first kappa shape index (κ1) is 19.0. The Hall–Kier alpha value is -2.32. The molecule has 0 saturated carbocycles. The molecule has 1 aliphatic rings. The number of halogens is 3. The van der Waals surface area contributed by atoms with Crippen molar-refractivity contribution in [1.82, 2.24) is 15.2 Å². The van der Waals surface area contributed by atoms with Crippen molar-refractivity contribution < 1.29 is 27.9 Å². The number of hydrogen-bond donors (Lipinski definition) is 2. The lowest BCUT2D eigenvalue weighted by Gasteiger charge is -2.26. The summed E-state index contributed by atoms with van der Waals surface area (Å²) in [6, 6.07) is 4.65. The smallest absolute Gasteiger partial charge is 0.394 e. The molecule has 2 amide bonds. The number of rotatable bonds is 4. The van der Waals surface area contributed by atoms with Crippen LogP contribution in [0.25, 0.3) is 0 Å². The number of nitrogens with one attached hydrogen (secondary N) is 1. The third-order valence-corrected chi connectivity index (χ3v) is 4.38. The van der Waals surface area contributed by atoms with E-state index in [0.717, 1.165) is 10.6 Å². The largest absolute Gasteiger partial charge is 0.481 e. The number of carbonyl (C=O) groups is 2. The van der Waals surface area contributed by atoms with Crippen LogP contribution in [0.1, 0.15) is 19.5 Å². The van der Waals surface area contributed by atoms with Gasteiger partial charge in [0.05, 0.1) is 11.8 Å². The van der Waals surface area contributed by atoms with E-state index in [1.165, 1.54) is 0 Å². The Morgan fingerprint density at radius 3 is 2.48 bits per heavy atom. The van der Waals surface area contributed by atoms with Crippen LogP contribution in [0, 0.1) is 11.8 Å². The fourth-order valence-corrected chi connectivity index (χ4v) is 2.81. The molecule has 0 bridgehead atoms. The zero-order valence-corrected chi connectivity index (χ0v) is 13.9. The summed E-state index contributed by atoms with van der Waals surface area (Å²) < 4.78 is 38.9. The predicted molar refractivity (Wildman–Crippen MR) is 82.9 cm³/mol. The molecule has 1 fully saturated rings. The minimum Gasteiger partial charge on any atom is -0.481 e. The van der Waals surface area contributed by atoms with E-state index in [4.69, 9.17) is 5.11 Å². The van der Waals surface area contributed by atoms with E-state index in [2.05, 4.69) is 10.3 Å². The average Bonchev–Trinajstić information content (AvgIpc) is 2.99. The van der Waals surface area contributed by atoms with Gasteiger partial charge in [-0.05, 0) is 12.1 Å². The molecule has 138 valence electrons. The summed E-state index contributed by atoms with van der Waals surface area (Å²) in [5.41, 5.74) is 0.208. The minimum absolute atomic E-state index is 0.160. The molecule has 0 unspecified atom stereocenters. The molecule has 2 heterocycles. The van der Waals surface area contributed by atoms with Gasteiger partial charge in [0, 0.05) is 36.9 Å². The molecular weight excluding hydrogens is 339 g/mol. The molecule has 0 radical (unpaired) electrons. The number of nitrogens with zero attached hydrogens (tertiary/aromatic N) is 2. The van der Waals surface area contributed by atoms with Crippen molar-refractivity contribution in [2.75, 3.05) is 19.6 Å². The Morgan fingerprint density at radius 2 is 2.00 bits per heavy atom. The fourth-order valence-electron chi connectivity index (χ4n) is 2.81. The quantitative estimate of drug-likeness (QED) is 0.864. The van der Waals surface area contributed by atoms with Gasteiger partial charge in [0.2, 0.25) is 0 Å². The SMILES string of the molecule is CC(C)(CNC(=O)N1C[C@@H](C(F)(F)F)[C@H](C(=O)O)C1)c1ccccn1. The van der Waals surface area contributed by atoms with Gasteiger partial charge in [-0.2, -0.15) is 13.2 Å². The van der Waals surface area contributed by atoms with E-state index in [1.807, 2.05) is 13.8 Å². The van der Waals surface area contributed by atoms with Crippen molar-refractivity contribution >= 4 is 12.0 Å². The van der Waals surface area contributed by atoms with Crippen molar-refractivity contribution in [2.24, 2.45) is 11.8 Å². The Morgan fingerprint density at radius 1 is 1.32 bits per heavy atom. The molecular formula is C16H20F3N3O3. The van der Waals surface area contributed by atoms with Crippen LogP contribution < -0.4 is 5.32 Å². The highest BCUT2D eigenvalue weighted by atomic mass is 19.4. The second-order valence-corrected chi connectivity index (χ2v) is 6.76. The summed E-state index contributed by atoms with van der Waals surface area (Å²) in [6.07, 6.45) is -3.05. The fraction of sp³-hybridized carbons (Fsp3) is 0.562. The predicted octanol–water partition coefficient (Wildman–Crippen LogP) is 2.26. The Bertz CT molecular complexity index is 635. The number of carboxylic acid groups (broad SMARTS) is 1. The highest BCUT2D eigenvalue weighted by molar-refractivity contribution is 5.77. The van der Waals surface area contributed by atoms with Crippen molar-refractivity contribution in [3.63, 3.8) is 0 Å². The van der Waals surface area contributed by atoms with Crippen LogP contribution in [-0.4, -0.2) is 52.8 Å². The number of urea groups is 1. The number of aliphatic carboxylic acids is 1. The molecule has 1 aromatic rings. The van der Waals surface area contributed by atoms with Crippen LogP contribution in [0.3, 0.4) is 0 Å². The van der Waals surface area contributed by atoms with Crippen molar-refractivity contribution in [3.05, 3.63) is 30.1 Å². The zero-order chi connectivity index (χ0) is 18.8. The number of pyridine rings is 1. The number of hydrogen-bond acceptors (Lipinski definition) is 3. The van der Waals surface area contributed by atoms with E-state index in [0.29, 0.717) is 0 Å². The lowest BCUT2D eigenvalue weighted by molar-refractivity contribution is -0.187. The summed E-state index contributed by atoms with van der Waals surface area (Å²) >= 11 is 0. The normalized spacial score (nSPS) is 21.2. The summed E-state index contributed by atoms with van der Waals surface area (Å²) in [5.74, 6) is -5.25. The van der Waals surface area contributed by atoms with Crippen LogP contribution in [0.5, 0.6) is 0 Å². The van der Waals surface area contributed by atoms with Crippen LogP contribution in [-0.2, 0) is 10.2 Å². The Labute approximate surface area is 143 Å². The zero-order valence-electron chi connectivity index (χ0n) is 13.9. The van der Waals surface area contributed by atoms with Gasteiger partial charge in [-0.15, -0.1) is 0 Å². The molecule has 2 N–H and O–H groups in total. The van der Waals surface area contributed by atoms with Crippen LogP contribution >= 0.6 is 0 Å². The van der Waals surface area contributed by atoms with Gasteiger partial charge in [-0.1, -0.05) is 19.9 Å². The first-order valence-corrected chi connectivity index (χ1v) is 7.76. The number of amides is 2. The molecule has 25 heavy (non-hydrogen) atoms. The monoisotopic (exact) mass is 359 g/mol. The van der Waals surface area contributed by atoms with Crippen molar-refractivity contribution in [2.45, 2.75) is 25.4 Å².